The second-order valence-electron chi connectivity index (χ2n) is 4.94. The van der Waals surface area contributed by atoms with Crippen molar-refractivity contribution >= 4 is 0 Å². The predicted molar refractivity (Wildman–Crippen MR) is 78.3 cm³/mol. The molecule has 0 aromatic heterocycles. The monoisotopic (exact) mass is 285 g/mol. The van der Waals surface area contributed by atoms with E-state index < -0.39 is 13.0 Å². The van der Waals surface area contributed by atoms with Gasteiger partial charge in [0.15, 0.2) is 0 Å². The molecule has 0 saturated heterocycles. The highest BCUT2D eigenvalue weighted by Crippen LogP contribution is 2.18. The van der Waals surface area contributed by atoms with Gasteiger partial charge < -0.3 is 10.1 Å². The first kappa shape index (κ1) is 17.1. The number of nitrogens with one attached hydrogen (secondary N) is 1. The van der Waals surface area contributed by atoms with Crippen molar-refractivity contribution in [1.82, 2.24) is 5.32 Å². The van der Waals surface area contributed by atoms with E-state index in [0.29, 0.717) is 13.0 Å². The van der Waals surface area contributed by atoms with E-state index in [1.807, 2.05) is 7.05 Å². The summed E-state index contributed by atoms with van der Waals surface area (Å²) < 4.78 is 28.9. The molecule has 0 heterocycles. The molecule has 1 aromatic rings. The molecule has 0 aliphatic carbocycles. The molecule has 0 amide bonds. The highest BCUT2D eigenvalue weighted by molar-refractivity contribution is 5.25. The molecule has 114 valence electrons. The number of alkyl halides is 2. The highest BCUT2D eigenvalue weighted by Gasteiger charge is 2.10. The Labute approximate surface area is 120 Å². The van der Waals surface area contributed by atoms with Crippen LogP contribution in [-0.2, 0) is 11.2 Å². The molecule has 1 rings (SSSR count). The normalized spacial score (nSPS) is 12.8. The Hall–Kier alpha value is -1.00. The fourth-order valence-electron chi connectivity index (χ4n) is 2.15. The number of ether oxygens (including phenoxy) is 1. The Morgan fingerprint density at radius 1 is 1.20 bits per heavy atom. The summed E-state index contributed by atoms with van der Waals surface area (Å²) in [5.74, 6) is 0. The maximum Gasteiger partial charge on any atom is 0.261 e. The summed E-state index contributed by atoms with van der Waals surface area (Å²) in [7, 11) is 1.88. The largest absolute Gasteiger partial charge is 0.375 e. The van der Waals surface area contributed by atoms with Crippen LogP contribution in [0.5, 0.6) is 0 Å². The molecular formula is C16H25F2NO. The van der Waals surface area contributed by atoms with Crippen LogP contribution in [0.2, 0.25) is 0 Å². The Morgan fingerprint density at radius 3 is 2.45 bits per heavy atom. The van der Waals surface area contributed by atoms with Gasteiger partial charge in [0, 0.05) is 12.6 Å². The van der Waals surface area contributed by atoms with Crippen molar-refractivity contribution in [2.75, 3.05) is 20.3 Å². The summed E-state index contributed by atoms with van der Waals surface area (Å²) in [5, 5.41) is 3.20. The lowest BCUT2D eigenvalue weighted by Gasteiger charge is -2.17. The van der Waals surface area contributed by atoms with Gasteiger partial charge in [0.25, 0.3) is 6.43 Å². The molecule has 20 heavy (non-hydrogen) atoms. The quantitative estimate of drug-likeness (QED) is 0.657. The number of unbranched alkanes of at least 4 members (excludes halogenated alkanes) is 1. The van der Waals surface area contributed by atoms with Crippen LogP contribution >= 0.6 is 0 Å². The number of hydrogen-bond acceptors (Lipinski definition) is 2. The van der Waals surface area contributed by atoms with E-state index in [-0.39, 0.29) is 6.04 Å². The van der Waals surface area contributed by atoms with Crippen LogP contribution in [0.4, 0.5) is 8.78 Å². The lowest BCUT2D eigenvalue weighted by atomic mass is 10.0. The average molecular weight is 285 g/mol. The molecule has 1 aromatic carbocycles. The molecule has 0 bridgehead atoms. The van der Waals surface area contributed by atoms with E-state index in [2.05, 4.69) is 36.5 Å². The zero-order valence-corrected chi connectivity index (χ0v) is 12.4. The fourth-order valence-corrected chi connectivity index (χ4v) is 2.15. The molecule has 1 atom stereocenters. The van der Waals surface area contributed by atoms with Gasteiger partial charge >= 0.3 is 0 Å². The van der Waals surface area contributed by atoms with Gasteiger partial charge in [0.1, 0.15) is 6.61 Å². The second kappa shape index (κ2) is 9.83. The van der Waals surface area contributed by atoms with Gasteiger partial charge in [0.2, 0.25) is 0 Å². The molecule has 0 aliphatic rings. The highest BCUT2D eigenvalue weighted by atomic mass is 19.3. The van der Waals surface area contributed by atoms with E-state index in [1.54, 1.807) is 0 Å². The zero-order valence-electron chi connectivity index (χ0n) is 12.4. The third-order valence-corrected chi connectivity index (χ3v) is 3.34. The SMILES string of the molecule is CCCCc1ccc(C(CCOCC(F)F)NC)cc1. The number of rotatable bonds is 10. The van der Waals surface area contributed by atoms with Crippen molar-refractivity contribution in [2.24, 2.45) is 0 Å². The maximum atomic E-state index is 12.0. The van der Waals surface area contributed by atoms with Crippen molar-refractivity contribution in [2.45, 2.75) is 45.1 Å². The van der Waals surface area contributed by atoms with Crippen LogP contribution in [0.1, 0.15) is 43.4 Å². The molecule has 2 nitrogen and oxygen atoms in total. The third kappa shape index (κ3) is 6.44. The first-order chi connectivity index (χ1) is 9.67. The van der Waals surface area contributed by atoms with E-state index in [9.17, 15) is 8.78 Å². The van der Waals surface area contributed by atoms with Crippen LogP contribution in [-0.4, -0.2) is 26.7 Å². The van der Waals surface area contributed by atoms with Crippen molar-refractivity contribution in [3.05, 3.63) is 35.4 Å². The minimum absolute atomic E-state index is 0.146. The van der Waals surface area contributed by atoms with Crippen molar-refractivity contribution in [1.29, 1.82) is 0 Å². The van der Waals surface area contributed by atoms with Gasteiger partial charge in [-0.25, -0.2) is 8.78 Å². The van der Waals surface area contributed by atoms with Gasteiger partial charge in [-0.3, -0.25) is 0 Å². The standard InChI is InChI=1S/C16H25F2NO/c1-3-4-5-13-6-8-14(9-7-13)15(19-2)10-11-20-12-16(17)18/h6-9,15-16,19H,3-5,10-12H2,1-2H3. The molecule has 0 aliphatic heterocycles. The number of hydrogen-bond donors (Lipinski definition) is 1. The lowest BCUT2D eigenvalue weighted by molar-refractivity contribution is 0.0145. The van der Waals surface area contributed by atoms with E-state index >= 15 is 0 Å². The first-order valence-electron chi connectivity index (χ1n) is 7.29. The molecule has 0 radical (unpaired) electrons. The molecular weight excluding hydrogens is 260 g/mol. The van der Waals surface area contributed by atoms with Gasteiger partial charge in [-0.15, -0.1) is 0 Å². The molecule has 0 saturated carbocycles. The summed E-state index contributed by atoms with van der Waals surface area (Å²) in [5.41, 5.74) is 2.52. The summed E-state index contributed by atoms with van der Waals surface area (Å²) >= 11 is 0. The summed E-state index contributed by atoms with van der Waals surface area (Å²) in [4.78, 5) is 0. The van der Waals surface area contributed by atoms with Crippen LogP contribution in [0.3, 0.4) is 0 Å². The summed E-state index contributed by atoms with van der Waals surface area (Å²) in [6.07, 6.45) is 1.81. The fraction of sp³-hybridized carbons (Fsp3) is 0.625. The van der Waals surface area contributed by atoms with Crippen LogP contribution < -0.4 is 5.32 Å². The van der Waals surface area contributed by atoms with Gasteiger partial charge in [-0.05, 0) is 37.4 Å². The molecule has 1 unspecified atom stereocenters. The third-order valence-electron chi connectivity index (χ3n) is 3.34. The van der Waals surface area contributed by atoms with Gasteiger partial charge in [-0.2, -0.15) is 0 Å². The van der Waals surface area contributed by atoms with Gasteiger partial charge in [-0.1, -0.05) is 37.6 Å². The first-order valence-corrected chi connectivity index (χ1v) is 7.29. The minimum Gasteiger partial charge on any atom is -0.375 e. The summed E-state index contributed by atoms with van der Waals surface area (Å²) in [6.45, 7) is 2.05. The van der Waals surface area contributed by atoms with Crippen LogP contribution in [0.15, 0.2) is 24.3 Å². The second-order valence-corrected chi connectivity index (χ2v) is 4.94. The molecule has 0 fully saturated rings. The number of benzene rings is 1. The zero-order chi connectivity index (χ0) is 14.8. The summed E-state index contributed by atoms with van der Waals surface area (Å²) in [6, 6.07) is 8.66. The lowest BCUT2D eigenvalue weighted by Crippen LogP contribution is -2.19. The van der Waals surface area contributed by atoms with E-state index in [0.717, 1.165) is 6.42 Å². The van der Waals surface area contributed by atoms with Crippen LogP contribution in [0.25, 0.3) is 0 Å². The Kier molecular flexibility index (Phi) is 8.38. The number of aryl methyl sites for hydroxylation is 1. The molecule has 0 spiro atoms. The smallest absolute Gasteiger partial charge is 0.261 e. The average Bonchev–Trinajstić information content (AvgIpc) is 2.46. The Balaban J connectivity index is 2.43. The predicted octanol–water partition coefficient (Wildman–Crippen LogP) is 3.96. The van der Waals surface area contributed by atoms with E-state index in [1.165, 1.54) is 24.0 Å². The Morgan fingerprint density at radius 2 is 1.90 bits per heavy atom. The van der Waals surface area contributed by atoms with Crippen molar-refractivity contribution in [3.8, 4) is 0 Å². The maximum absolute atomic E-state index is 12.0. The van der Waals surface area contributed by atoms with Crippen molar-refractivity contribution in [3.63, 3.8) is 0 Å². The molecule has 1 N–H and O–H groups in total. The van der Waals surface area contributed by atoms with Crippen molar-refractivity contribution < 1.29 is 13.5 Å². The topological polar surface area (TPSA) is 21.3 Å². The molecule has 4 heteroatoms. The minimum atomic E-state index is -2.39. The number of halogens is 2. The van der Waals surface area contributed by atoms with E-state index in [4.69, 9.17) is 4.74 Å². The van der Waals surface area contributed by atoms with Crippen LogP contribution in [0, 0.1) is 0 Å². The Bertz CT molecular complexity index is 354. The van der Waals surface area contributed by atoms with Gasteiger partial charge in [0.05, 0.1) is 0 Å².